The van der Waals surface area contributed by atoms with E-state index in [1.54, 1.807) is 6.92 Å². The van der Waals surface area contributed by atoms with Crippen LogP contribution in [0, 0.1) is 5.92 Å². The van der Waals surface area contributed by atoms with Gasteiger partial charge >= 0.3 is 0 Å². The fraction of sp³-hybridized carbons (Fsp3) is 0.444. The Kier molecular flexibility index (Phi) is 5.17. The van der Waals surface area contributed by atoms with Crippen LogP contribution in [0.3, 0.4) is 0 Å². The largest absolute Gasteiger partial charge is 0.411 e. The van der Waals surface area contributed by atoms with Crippen LogP contribution in [0.15, 0.2) is 30.5 Å². The molecule has 0 aromatic carbocycles. The van der Waals surface area contributed by atoms with Crippen LogP contribution in [-0.2, 0) is 0 Å². The van der Waals surface area contributed by atoms with E-state index >= 15 is 0 Å². The Morgan fingerprint density at radius 1 is 1.45 bits per heavy atom. The average molecular weight is 153 g/mol. The highest BCUT2D eigenvalue weighted by molar-refractivity contribution is 5.84. The van der Waals surface area contributed by atoms with Crippen molar-refractivity contribution in [2.45, 2.75) is 19.8 Å². The molecule has 0 aliphatic carbocycles. The van der Waals surface area contributed by atoms with E-state index in [1.807, 2.05) is 12.2 Å². The normalized spacial score (nSPS) is 11.6. The Labute approximate surface area is 67.9 Å². The second-order valence-corrected chi connectivity index (χ2v) is 2.49. The molecule has 0 rings (SSSR count). The first-order chi connectivity index (χ1) is 5.26. The van der Waals surface area contributed by atoms with Gasteiger partial charge in [0.05, 0.1) is 5.71 Å². The van der Waals surface area contributed by atoms with Crippen LogP contribution in [-0.4, -0.2) is 10.9 Å². The molecule has 0 bridgehead atoms. The standard InChI is InChI=1S/C9H15NO/c1-4-6-9(7-5-2)8(3)10-11/h4-5,9,11H,1-2,6-7H2,3H3. The van der Waals surface area contributed by atoms with E-state index in [9.17, 15) is 0 Å². The van der Waals surface area contributed by atoms with Gasteiger partial charge in [-0.05, 0) is 19.8 Å². The highest BCUT2D eigenvalue weighted by Crippen LogP contribution is 2.11. The zero-order valence-corrected chi connectivity index (χ0v) is 6.95. The second-order valence-electron chi connectivity index (χ2n) is 2.49. The Morgan fingerprint density at radius 2 is 1.91 bits per heavy atom. The molecule has 0 atom stereocenters. The Balaban J connectivity index is 4.07. The lowest BCUT2D eigenvalue weighted by Gasteiger charge is -2.09. The first-order valence-electron chi connectivity index (χ1n) is 3.66. The van der Waals surface area contributed by atoms with Crippen LogP contribution >= 0.6 is 0 Å². The molecule has 0 spiro atoms. The molecule has 0 aromatic rings. The molecule has 0 aliphatic heterocycles. The minimum atomic E-state index is 0.259. The summed E-state index contributed by atoms with van der Waals surface area (Å²) in [6, 6.07) is 0. The predicted molar refractivity (Wildman–Crippen MR) is 48.0 cm³/mol. The number of hydrogen-bond acceptors (Lipinski definition) is 2. The van der Waals surface area contributed by atoms with E-state index in [1.165, 1.54) is 0 Å². The van der Waals surface area contributed by atoms with E-state index in [2.05, 4.69) is 18.3 Å². The van der Waals surface area contributed by atoms with Gasteiger partial charge in [-0.15, -0.1) is 13.2 Å². The first kappa shape index (κ1) is 9.95. The maximum Gasteiger partial charge on any atom is 0.0577 e. The summed E-state index contributed by atoms with van der Waals surface area (Å²) in [6.45, 7) is 9.06. The van der Waals surface area contributed by atoms with Crippen LogP contribution in [0.5, 0.6) is 0 Å². The monoisotopic (exact) mass is 153 g/mol. The quantitative estimate of drug-likeness (QED) is 0.280. The fourth-order valence-corrected chi connectivity index (χ4v) is 0.921. The molecule has 0 aromatic heterocycles. The molecule has 11 heavy (non-hydrogen) atoms. The van der Waals surface area contributed by atoms with Crippen molar-refractivity contribution in [1.29, 1.82) is 0 Å². The first-order valence-corrected chi connectivity index (χ1v) is 3.66. The van der Waals surface area contributed by atoms with E-state index in [0.29, 0.717) is 0 Å². The lowest BCUT2D eigenvalue weighted by molar-refractivity contribution is 0.314. The van der Waals surface area contributed by atoms with Gasteiger partial charge in [-0.25, -0.2) is 0 Å². The van der Waals surface area contributed by atoms with Crippen molar-refractivity contribution >= 4 is 5.71 Å². The van der Waals surface area contributed by atoms with Gasteiger partial charge in [-0.3, -0.25) is 0 Å². The number of rotatable bonds is 5. The number of hydrogen-bond donors (Lipinski definition) is 1. The smallest absolute Gasteiger partial charge is 0.0577 e. The summed E-state index contributed by atoms with van der Waals surface area (Å²) in [5.74, 6) is 0.259. The highest BCUT2D eigenvalue weighted by atomic mass is 16.4. The molecule has 0 heterocycles. The fourth-order valence-electron chi connectivity index (χ4n) is 0.921. The van der Waals surface area contributed by atoms with Crippen LogP contribution in [0.4, 0.5) is 0 Å². The molecular weight excluding hydrogens is 138 g/mol. The van der Waals surface area contributed by atoms with Crippen molar-refractivity contribution in [3.05, 3.63) is 25.3 Å². The van der Waals surface area contributed by atoms with Crippen LogP contribution in [0.1, 0.15) is 19.8 Å². The van der Waals surface area contributed by atoms with Crippen molar-refractivity contribution in [3.8, 4) is 0 Å². The Bertz CT molecular complexity index is 151. The molecule has 0 fully saturated rings. The Hall–Kier alpha value is -1.05. The van der Waals surface area contributed by atoms with Gasteiger partial charge < -0.3 is 5.21 Å². The maximum absolute atomic E-state index is 8.48. The predicted octanol–water partition coefficient (Wildman–Crippen LogP) is 2.60. The number of oxime groups is 1. The van der Waals surface area contributed by atoms with E-state index < -0.39 is 0 Å². The van der Waals surface area contributed by atoms with Crippen LogP contribution in [0.25, 0.3) is 0 Å². The molecule has 62 valence electrons. The minimum absolute atomic E-state index is 0.259. The third kappa shape index (κ3) is 3.61. The van der Waals surface area contributed by atoms with Gasteiger partial charge in [0.15, 0.2) is 0 Å². The molecule has 0 unspecified atom stereocenters. The topological polar surface area (TPSA) is 32.6 Å². The summed E-state index contributed by atoms with van der Waals surface area (Å²) >= 11 is 0. The summed E-state index contributed by atoms with van der Waals surface area (Å²) < 4.78 is 0. The van der Waals surface area contributed by atoms with Crippen molar-refractivity contribution < 1.29 is 5.21 Å². The van der Waals surface area contributed by atoms with Crippen molar-refractivity contribution in [1.82, 2.24) is 0 Å². The minimum Gasteiger partial charge on any atom is -0.411 e. The summed E-state index contributed by atoms with van der Waals surface area (Å²) in [7, 11) is 0. The lowest BCUT2D eigenvalue weighted by atomic mass is 9.97. The molecular formula is C9H15NO. The summed E-state index contributed by atoms with van der Waals surface area (Å²) in [4.78, 5) is 0. The SMILES string of the molecule is C=CCC(CC=C)C(C)=NO. The van der Waals surface area contributed by atoms with Gasteiger partial charge in [-0.2, -0.15) is 0 Å². The van der Waals surface area contributed by atoms with Crippen LogP contribution in [0.2, 0.25) is 0 Å². The zero-order chi connectivity index (χ0) is 8.69. The van der Waals surface area contributed by atoms with Gasteiger partial charge in [0.2, 0.25) is 0 Å². The number of allylic oxidation sites excluding steroid dienone is 2. The summed E-state index contributed by atoms with van der Waals surface area (Å²) in [6.07, 6.45) is 5.32. The van der Waals surface area contributed by atoms with Gasteiger partial charge in [-0.1, -0.05) is 17.3 Å². The maximum atomic E-state index is 8.48. The molecule has 0 radical (unpaired) electrons. The molecule has 0 saturated carbocycles. The third-order valence-electron chi connectivity index (χ3n) is 1.65. The summed E-state index contributed by atoms with van der Waals surface area (Å²) in [5.41, 5.74) is 0.741. The summed E-state index contributed by atoms with van der Waals surface area (Å²) in [5, 5.41) is 11.6. The highest BCUT2D eigenvalue weighted by Gasteiger charge is 2.08. The third-order valence-corrected chi connectivity index (χ3v) is 1.65. The van der Waals surface area contributed by atoms with Crippen molar-refractivity contribution in [2.24, 2.45) is 11.1 Å². The molecule has 0 saturated heterocycles. The molecule has 0 aliphatic rings. The van der Waals surface area contributed by atoms with Gasteiger partial charge in [0.25, 0.3) is 0 Å². The van der Waals surface area contributed by atoms with E-state index in [-0.39, 0.29) is 5.92 Å². The van der Waals surface area contributed by atoms with E-state index in [4.69, 9.17) is 5.21 Å². The van der Waals surface area contributed by atoms with E-state index in [0.717, 1.165) is 18.6 Å². The zero-order valence-electron chi connectivity index (χ0n) is 6.95. The van der Waals surface area contributed by atoms with Crippen molar-refractivity contribution in [3.63, 3.8) is 0 Å². The Morgan fingerprint density at radius 3 is 2.18 bits per heavy atom. The molecule has 1 N–H and O–H groups in total. The van der Waals surface area contributed by atoms with Gasteiger partial charge in [0.1, 0.15) is 0 Å². The van der Waals surface area contributed by atoms with Crippen LogP contribution < -0.4 is 0 Å². The lowest BCUT2D eigenvalue weighted by Crippen LogP contribution is -2.09. The van der Waals surface area contributed by atoms with Gasteiger partial charge in [0, 0.05) is 5.92 Å². The second kappa shape index (κ2) is 5.71. The molecule has 2 nitrogen and oxygen atoms in total. The average Bonchev–Trinajstić information content (AvgIpc) is 2.03. The molecule has 2 heteroatoms. The molecule has 0 amide bonds. The number of nitrogens with zero attached hydrogens (tertiary/aromatic N) is 1. The van der Waals surface area contributed by atoms with Crippen molar-refractivity contribution in [2.75, 3.05) is 0 Å².